The van der Waals surface area contributed by atoms with Crippen LogP contribution in [0, 0.1) is 0 Å². The first-order valence-corrected chi connectivity index (χ1v) is 7.37. The van der Waals surface area contributed by atoms with E-state index in [4.69, 9.17) is 5.11 Å². The third kappa shape index (κ3) is 4.32. The van der Waals surface area contributed by atoms with Crippen LogP contribution in [0.4, 0.5) is 0 Å². The second kappa shape index (κ2) is 7.41. The molecule has 0 saturated heterocycles. The van der Waals surface area contributed by atoms with E-state index in [1.807, 2.05) is 12.1 Å². The molecule has 1 aliphatic carbocycles. The van der Waals surface area contributed by atoms with E-state index in [9.17, 15) is 9.90 Å². The van der Waals surface area contributed by atoms with Gasteiger partial charge >= 0.3 is 5.97 Å². The number of hydrogen-bond donors (Lipinski definition) is 3. The van der Waals surface area contributed by atoms with Crippen LogP contribution in [-0.4, -0.2) is 29.3 Å². The molecule has 2 rings (SSSR count). The fourth-order valence-electron chi connectivity index (χ4n) is 2.86. The lowest BCUT2D eigenvalue weighted by atomic mass is 9.84. The van der Waals surface area contributed by atoms with Crippen molar-refractivity contribution in [1.82, 2.24) is 5.32 Å². The predicted molar refractivity (Wildman–Crippen MR) is 77.7 cm³/mol. The fourth-order valence-corrected chi connectivity index (χ4v) is 2.86. The SMILES string of the molecule is O=C(O)CNCC(O)c1ccc(C2CCCCC2)cc1. The zero-order valence-electron chi connectivity index (χ0n) is 11.7. The number of carboxylic acids is 1. The molecule has 4 nitrogen and oxygen atoms in total. The Labute approximate surface area is 119 Å². The van der Waals surface area contributed by atoms with E-state index < -0.39 is 12.1 Å². The summed E-state index contributed by atoms with van der Waals surface area (Å²) in [6.07, 6.45) is 5.85. The van der Waals surface area contributed by atoms with Gasteiger partial charge in [0.1, 0.15) is 0 Å². The molecule has 0 heterocycles. The smallest absolute Gasteiger partial charge is 0.317 e. The lowest BCUT2D eigenvalue weighted by molar-refractivity contribution is -0.136. The minimum atomic E-state index is -0.912. The Balaban J connectivity index is 1.88. The van der Waals surface area contributed by atoms with Crippen LogP contribution < -0.4 is 5.32 Å². The van der Waals surface area contributed by atoms with E-state index in [0.717, 1.165) is 5.56 Å². The molecule has 1 aromatic carbocycles. The summed E-state index contributed by atoms with van der Waals surface area (Å²) in [4.78, 5) is 10.4. The molecule has 1 fully saturated rings. The molecule has 0 amide bonds. The van der Waals surface area contributed by atoms with Crippen molar-refractivity contribution < 1.29 is 15.0 Å². The summed E-state index contributed by atoms with van der Waals surface area (Å²) in [7, 11) is 0. The quantitative estimate of drug-likeness (QED) is 0.747. The first kappa shape index (κ1) is 15.0. The standard InChI is InChI=1S/C16H23NO3/c18-15(10-17-11-16(19)20)14-8-6-13(7-9-14)12-4-2-1-3-5-12/h6-9,12,15,17-18H,1-5,10-11H2,(H,19,20). The summed E-state index contributed by atoms with van der Waals surface area (Å²) in [5, 5.41) is 21.2. The van der Waals surface area contributed by atoms with Crippen molar-refractivity contribution in [1.29, 1.82) is 0 Å². The Morgan fingerprint density at radius 2 is 1.85 bits per heavy atom. The van der Waals surface area contributed by atoms with Crippen molar-refractivity contribution in [2.24, 2.45) is 0 Å². The average Bonchev–Trinajstić information content (AvgIpc) is 2.48. The van der Waals surface area contributed by atoms with E-state index >= 15 is 0 Å². The molecule has 3 N–H and O–H groups in total. The lowest BCUT2D eigenvalue weighted by Gasteiger charge is -2.22. The zero-order chi connectivity index (χ0) is 14.4. The maximum atomic E-state index is 10.4. The van der Waals surface area contributed by atoms with Crippen LogP contribution in [-0.2, 0) is 4.79 Å². The van der Waals surface area contributed by atoms with Gasteiger partial charge in [0.2, 0.25) is 0 Å². The summed E-state index contributed by atoms with van der Waals surface area (Å²) >= 11 is 0. The van der Waals surface area contributed by atoms with Gasteiger partial charge in [-0.2, -0.15) is 0 Å². The molecule has 20 heavy (non-hydrogen) atoms. The van der Waals surface area contributed by atoms with Crippen molar-refractivity contribution in [3.8, 4) is 0 Å². The number of benzene rings is 1. The molecule has 1 atom stereocenters. The Morgan fingerprint density at radius 1 is 1.20 bits per heavy atom. The third-order valence-corrected chi connectivity index (χ3v) is 4.01. The largest absolute Gasteiger partial charge is 0.480 e. The number of aliphatic hydroxyl groups excluding tert-OH is 1. The fraction of sp³-hybridized carbons (Fsp3) is 0.562. The molecular formula is C16H23NO3. The Kier molecular flexibility index (Phi) is 5.56. The average molecular weight is 277 g/mol. The van der Waals surface area contributed by atoms with Crippen molar-refractivity contribution in [3.63, 3.8) is 0 Å². The molecule has 110 valence electrons. The summed E-state index contributed by atoms with van der Waals surface area (Å²) in [6, 6.07) is 8.12. The van der Waals surface area contributed by atoms with Gasteiger partial charge in [-0.15, -0.1) is 0 Å². The van der Waals surface area contributed by atoms with Gasteiger partial charge in [-0.1, -0.05) is 43.5 Å². The van der Waals surface area contributed by atoms with Gasteiger partial charge < -0.3 is 15.5 Å². The molecule has 1 saturated carbocycles. The van der Waals surface area contributed by atoms with Gasteiger partial charge in [-0.25, -0.2) is 0 Å². The second-order valence-electron chi connectivity index (χ2n) is 5.54. The van der Waals surface area contributed by atoms with Crippen molar-refractivity contribution >= 4 is 5.97 Å². The van der Waals surface area contributed by atoms with Crippen LogP contribution in [0.2, 0.25) is 0 Å². The number of aliphatic hydroxyl groups is 1. The van der Waals surface area contributed by atoms with Gasteiger partial charge in [-0.3, -0.25) is 4.79 Å². The molecule has 1 aliphatic rings. The zero-order valence-corrected chi connectivity index (χ0v) is 11.7. The second-order valence-corrected chi connectivity index (χ2v) is 5.54. The summed E-state index contributed by atoms with van der Waals surface area (Å²) in [5.74, 6) is -0.245. The van der Waals surface area contributed by atoms with Crippen LogP contribution in [0.1, 0.15) is 55.3 Å². The van der Waals surface area contributed by atoms with E-state index in [0.29, 0.717) is 5.92 Å². The highest BCUT2D eigenvalue weighted by molar-refractivity contribution is 5.68. The molecule has 1 unspecified atom stereocenters. The van der Waals surface area contributed by atoms with Gasteiger partial charge in [0.25, 0.3) is 0 Å². The number of carboxylic acid groups (broad SMARTS) is 1. The number of rotatable bonds is 6. The molecule has 4 heteroatoms. The van der Waals surface area contributed by atoms with Gasteiger partial charge in [0.15, 0.2) is 0 Å². The molecule has 0 aliphatic heterocycles. The minimum absolute atomic E-state index is 0.128. The number of hydrogen-bond acceptors (Lipinski definition) is 3. The van der Waals surface area contributed by atoms with Gasteiger partial charge in [0.05, 0.1) is 12.6 Å². The maximum Gasteiger partial charge on any atom is 0.317 e. The molecule has 0 aromatic heterocycles. The highest BCUT2D eigenvalue weighted by Crippen LogP contribution is 2.32. The van der Waals surface area contributed by atoms with Crippen LogP contribution >= 0.6 is 0 Å². The van der Waals surface area contributed by atoms with E-state index in [2.05, 4.69) is 17.4 Å². The molecule has 1 aromatic rings. The van der Waals surface area contributed by atoms with Crippen molar-refractivity contribution in [2.45, 2.75) is 44.1 Å². The Bertz CT molecular complexity index is 424. The Morgan fingerprint density at radius 3 is 2.45 bits per heavy atom. The van der Waals surface area contributed by atoms with Crippen LogP contribution in [0.3, 0.4) is 0 Å². The Hall–Kier alpha value is -1.39. The number of carbonyl (C=O) groups is 1. The first-order chi connectivity index (χ1) is 9.66. The topological polar surface area (TPSA) is 69.6 Å². The van der Waals surface area contributed by atoms with Crippen LogP contribution in [0.5, 0.6) is 0 Å². The predicted octanol–water partition coefficient (Wildman–Crippen LogP) is 2.44. The van der Waals surface area contributed by atoms with E-state index in [-0.39, 0.29) is 13.1 Å². The first-order valence-electron chi connectivity index (χ1n) is 7.37. The van der Waals surface area contributed by atoms with Crippen molar-refractivity contribution in [2.75, 3.05) is 13.1 Å². The maximum absolute atomic E-state index is 10.4. The highest BCUT2D eigenvalue weighted by atomic mass is 16.4. The summed E-state index contributed by atoms with van der Waals surface area (Å²) < 4.78 is 0. The summed E-state index contributed by atoms with van der Waals surface area (Å²) in [5.41, 5.74) is 2.20. The molecule has 0 spiro atoms. The van der Waals surface area contributed by atoms with Gasteiger partial charge in [0, 0.05) is 6.54 Å². The van der Waals surface area contributed by atoms with E-state index in [1.165, 1.54) is 37.7 Å². The number of aliphatic carboxylic acids is 1. The number of nitrogens with one attached hydrogen (secondary N) is 1. The molecule has 0 bridgehead atoms. The third-order valence-electron chi connectivity index (χ3n) is 4.01. The minimum Gasteiger partial charge on any atom is -0.480 e. The lowest BCUT2D eigenvalue weighted by Crippen LogP contribution is -2.27. The normalized spacial score (nSPS) is 17.9. The molecule has 0 radical (unpaired) electrons. The highest BCUT2D eigenvalue weighted by Gasteiger charge is 2.16. The van der Waals surface area contributed by atoms with Crippen LogP contribution in [0.25, 0.3) is 0 Å². The van der Waals surface area contributed by atoms with Gasteiger partial charge in [-0.05, 0) is 29.9 Å². The van der Waals surface area contributed by atoms with E-state index in [1.54, 1.807) is 0 Å². The summed E-state index contributed by atoms with van der Waals surface area (Å²) in [6.45, 7) is 0.131. The molecular weight excluding hydrogens is 254 g/mol. The monoisotopic (exact) mass is 277 g/mol. The van der Waals surface area contributed by atoms with Crippen LogP contribution in [0.15, 0.2) is 24.3 Å². The van der Waals surface area contributed by atoms with Crippen molar-refractivity contribution in [3.05, 3.63) is 35.4 Å².